The molecule has 0 aliphatic heterocycles. The Morgan fingerprint density at radius 2 is 0.906 bits per heavy atom. The molecule has 0 aromatic heterocycles. The van der Waals surface area contributed by atoms with Crippen LogP contribution in [0, 0.1) is 0 Å². The topological polar surface area (TPSA) is 0 Å². The van der Waals surface area contributed by atoms with Crippen molar-refractivity contribution in [2.24, 2.45) is 0 Å². The maximum Gasteiger partial charge on any atom is 0.0486 e. The van der Waals surface area contributed by atoms with E-state index in [-0.39, 0.29) is 0 Å². The normalized spacial score (nSPS) is 11.0. The Bertz CT molecular complexity index is 1150. The number of benzene rings is 4. The van der Waals surface area contributed by atoms with E-state index >= 15 is 0 Å². The van der Waals surface area contributed by atoms with Crippen LogP contribution in [0.5, 0.6) is 0 Å². The van der Waals surface area contributed by atoms with Gasteiger partial charge in [-0.05, 0) is 62.9 Å². The second kappa shape index (κ2) is 10.9. The van der Waals surface area contributed by atoms with Gasteiger partial charge in [0.2, 0.25) is 0 Å². The average Bonchev–Trinajstić information content (AvgIpc) is 2.87. The molecule has 0 amide bonds. The lowest BCUT2D eigenvalue weighted by molar-refractivity contribution is 0.791. The maximum absolute atomic E-state index is 6.77. The van der Waals surface area contributed by atoms with E-state index in [4.69, 9.17) is 23.2 Å². The fourth-order valence-electron chi connectivity index (χ4n) is 4.62. The van der Waals surface area contributed by atoms with Crippen LogP contribution in [-0.4, -0.2) is 0 Å². The summed E-state index contributed by atoms with van der Waals surface area (Å²) < 4.78 is 0. The van der Waals surface area contributed by atoms with Gasteiger partial charge in [0.15, 0.2) is 0 Å². The summed E-state index contributed by atoms with van der Waals surface area (Å²) in [4.78, 5) is 0. The van der Waals surface area contributed by atoms with Crippen LogP contribution >= 0.6 is 23.2 Å². The fraction of sp³-hybridized carbons (Fsp3) is 0.200. The van der Waals surface area contributed by atoms with Crippen molar-refractivity contribution in [1.82, 2.24) is 0 Å². The maximum atomic E-state index is 6.77. The Kier molecular flexibility index (Phi) is 7.68. The van der Waals surface area contributed by atoms with Crippen molar-refractivity contribution >= 4 is 23.2 Å². The van der Waals surface area contributed by atoms with Crippen molar-refractivity contribution in [1.29, 1.82) is 0 Å². The van der Waals surface area contributed by atoms with Gasteiger partial charge < -0.3 is 0 Å². The van der Waals surface area contributed by atoms with Crippen molar-refractivity contribution in [3.05, 3.63) is 108 Å². The second-order valence-electron chi connectivity index (χ2n) is 8.03. The Morgan fingerprint density at radius 3 is 1.31 bits per heavy atom. The van der Waals surface area contributed by atoms with Crippen LogP contribution in [0.1, 0.15) is 36.5 Å². The number of hydrogen-bond acceptors (Lipinski definition) is 0. The minimum Gasteiger partial charge on any atom is -0.122 e. The van der Waals surface area contributed by atoms with Crippen molar-refractivity contribution in [2.45, 2.75) is 37.9 Å². The monoisotopic (exact) mass is 458 g/mol. The SMILES string of the molecule is CCCCc1c(CCl)c(-c2ccccc2)c(-c2ccccc2)c(CCl)c1-c1ccccc1. The zero-order valence-electron chi connectivity index (χ0n) is 18.5. The molecule has 0 atom stereocenters. The van der Waals surface area contributed by atoms with Crippen molar-refractivity contribution < 1.29 is 0 Å². The largest absolute Gasteiger partial charge is 0.122 e. The molecule has 0 saturated carbocycles. The Morgan fingerprint density at radius 1 is 0.500 bits per heavy atom. The van der Waals surface area contributed by atoms with Crippen molar-refractivity contribution in [3.63, 3.8) is 0 Å². The summed E-state index contributed by atoms with van der Waals surface area (Å²) in [7, 11) is 0. The highest BCUT2D eigenvalue weighted by molar-refractivity contribution is 6.20. The number of rotatable bonds is 8. The molecule has 0 fully saturated rings. The van der Waals surface area contributed by atoms with Gasteiger partial charge in [-0.15, -0.1) is 23.2 Å². The fourth-order valence-corrected chi connectivity index (χ4v) is 5.18. The summed E-state index contributed by atoms with van der Waals surface area (Å²) in [5.41, 5.74) is 11.0. The van der Waals surface area contributed by atoms with Crippen LogP contribution in [-0.2, 0) is 18.2 Å². The molecule has 0 unspecified atom stereocenters. The van der Waals surface area contributed by atoms with Gasteiger partial charge in [-0.1, -0.05) is 104 Å². The first-order chi connectivity index (χ1) is 15.8. The van der Waals surface area contributed by atoms with E-state index < -0.39 is 0 Å². The smallest absolute Gasteiger partial charge is 0.0486 e. The molecule has 2 heteroatoms. The third-order valence-corrected chi connectivity index (χ3v) is 6.59. The van der Waals surface area contributed by atoms with Crippen molar-refractivity contribution in [2.75, 3.05) is 0 Å². The summed E-state index contributed by atoms with van der Waals surface area (Å²) in [6, 6.07) is 31.9. The van der Waals surface area contributed by atoms with E-state index in [1.165, 1.54) is 50.1 Å². The molecule has 4 aromatic rings. The summed E-state index contributed by atoms with van der Waals surface area (Å²) in [6.45, 7) is 2.24. The first-order valence-electron chi connectivity index (χ1n) is 11.3. The number of hydrogen-bond donors (Lipinski definition) is 0. The molecule has 0 N–H and O–H groups in total. The lowest BCUT2D eigenvalue weighted by Crippen LogP contribution is -2.07. The zero-order chi connectivity index (χ0) is 22.3. The number of alkyl halides is 2. The predicted octanol–water partition coefficient (Wildman–Crippen LogP) is 9.51. The van der Waals surface area contributed by atoms with E-state index in [1.54, 1.807) is 0 Å². The molecule has 0 spiro atoms. The van der Waals surface area contributed by atoms with E-state index in [9.17, 15) is 0 Å². The van der Waals surface area contributed by atoms with Crippen LogP contribution < -0.4 is 0 Å². The van der Waals surface area contributed by atoms with E-state index in [2.05, 4.69) is 97.9 Å². The molecule has 0 saturated heterocycles. The summed E-state index contributed by atoms with van der Waals surface area (Å²) in [5.74, 6) is 0.904. The van der Waals surface area contributed by atoms with Gasteiger partial charge in [0.25, 0.3) is 0 Å². The molecule has 4 rings (SSSR count). The average molecular weight is 459 g/mol. The van der Waals surface area contributed by atoms with Crippen LogP contribution in [0.25, 0.3) is 33.4 Å². The first-order valence-corrected chi connectivity index (χ1v) is 12.4. The summed E-state index contributed by atoms with van der Waals surface area (Å²) in [5, 5.41) is 0. The highest BCUT2D eigenvalue weighted by Crippen LogP contribution is 2.46. The molecule has 0 heterocycles. The van der Waals surface area contributed by atoms with E-state index in [0.29, 0.717) is 11.8 Å². The molecule has 162 valence electrons. The molecule has 4 aromatic carbocycles. The molecule has 0 nitrogen and oxygen atoms in total. The van der Waals surface area contributed by atoms with Crippen LogP contribution in [0.3, 0.4) is 0 Å². The van der Waals surface area contributed by atoms with Crippen molar-refractivity contribution in [3.8, 4) is 33.4 Å². The molecular formula is C30H28Cl2. The molecular weight excluding hydrogens is 431 g/mol. The quantitative estimate of drug-likeness (QED) is 0.230. The third-order valence-electron chi connectivity index (χ3n) is 6.06. The minimum atomic E-state index is 0.440. The highest BCUT2D eigenvalue weighted by atomic mass is 35.5. The van der Waals surface area contributed by atoms with Gasteiger partial charge in [-0.2, -0.15) is 0 Å². The van der Waals surface area contributed by atoms with Crippen LogP contribution in [0.4, 0.5) is 0 Å². The Labute approximate surface area is 201 Å². The zero-order valence-corrected chi connectivity index (χ0v) is 20.0. The molecule has 0 aliphatic rings. The Hall–Kier alpha value is -2.54. The third kappa shape index (κ3) is 4.49. The van der Waals surface area contributed by atoms with Crippen LogP contribution in [0.15, 0.2) is 91.0 Å². The number of unbranched alkanes of at least 4 members (excludes halogenated alkanes) is 1. The second-order valence-corrected chi connectivity index (χ2v) is 8.56. The van der Waals surface area contributed by atoms with Gasteiger partial charge in [-0.3, -0.25) is 0 Å². The van der Waals surface area contributed by atoms with Gasteiger partial charge in [0.1, 0.15) is 0 Å². The summed E-state index contributed by atoms with van der Waals surface area (Å²) >= 11 is 13.5. The standard InChI is InChI=1S/C30H28Cl2/c1-2-3-19-25-26(20-31)29(23-15-9-5-10-16-23)30(24-17-11-6-12-18-24)27(21-32)28(25)22-13-7-4-8-14-22/h4-18H,2-3,19-21H2,1H3. The minimum absolute atomic E-state index is 0.440. The molecule has 32 heavy (non-hydrogen) atoms. The van der Waals surface area contributed by atoms with E-state index in [0.717, 1.165) is 19.3 Å². The highest BCUT2D eigenvalue weighted by Gasteiger charge is 2.25. The number of halogens is 2. The lowest BCUT2D eigenvalue weighted by atomic mass is 9.79. The van der Waals surface area contributed by atoms with Crippen LogP contribution in [0.2, 0.25) is 0 Å². The van der Waals surface area contributed by atoms with Gasteiger partial charge in [0.05, 0.1) is 0 Å². The van der Waals surface area contributed by atoms with Gasteiger partial charge in [0, 0.05) is 11.8 Å². The van der Waals surface area contributed by atoms with Gasteiger partial charge >= 0.3 is 0 Å². The van der Waals surface area contributed by atoms with Gasteiger partial charge in [-0.25, -0.2) is 0 Å². The van der Waals surface area contributed by atoms with E-state index in [1.807, 2.05) is 0 Å². The first kappa shape index (κ1) is 22.6. The molecule has 0 bridgehead atoms. The molecule has 0 radical (unpaired) electrons. The lowest BCUT2D eigenvalue weighted by Gasteiger charge is -2.26. The summed E-state index contributed by atoms with van der Waals surface area (Å²) in [6.07, 6.45) is 3.24. The predicted molar refractivity (Wildman–Crippen MR) is 140 cm³/mol. The molecule has 0 aliphatic carbocycles. The Balaban J connectivity index is 2.19.